The largest absolute Gasteiger partial charge is 0.490 e. The fraction of sp³-hybridized carbons (Fsp3) is 0.500. The molecule has 1 aromatic carbocycles. The van der Waals surface area contributed by atoms with E-state index in [0.717, 1.165) is 18.5 Å². The highest BCUT2D eigenvalue weighted by Gasteiger charge is 2.11. The molecule has 0 heterocycles. The highest BCUT2D eigenvalue weighted by atomic mass is 35.5. The summed E-state index contributed by atoms with van der Waals surface area (Å²) in [6, 6.07) is 3.27. The van der Waals surface area contributed by atoms with Gasteiger partial charge < -0.3 is 9.47 Å². The van der Waals surface area contributed by atoms with Crippen molar-refractivity contribution in [3.8, 4) is 11.5 Å². The van der Waals surface area contributed by atoms with E-state index >= 15 is 0 Å². The Balaban J connectivity index is 2.33. The van der Waals surface area contributed by atoms with Crippen molar-refractivity contribution in [1.82, 2.24) is 5.48 Å². The Morgan fingerprint density at radius 1 is 1.04 bits per heavy atom. The van der Waals surface area contributed by atoms with E-state index in [1.807, 2.05) is 6.92 Å². The number of hydrogen-bond acceptors (Lipinski definition) is 4. The normalized spacial score (nSPS) is 11.9. The van der Waals surface area contributed by atoms with Gasteiger partial charge >= 0.3 is 0 Å². The number of halogens is 4. The van der Waals surface area contributed by atoms with E-state index in [9.17, 15) is 0 Å². The van der Waals surface area contributed by atoms with E-state index in [-0.39, 0.29) is 16.5 Å². The van der Waals surface area contributed by atoms with Crippen LogP contribution in [0.2, 0.25) is 10.0 Å². The van der Waals surface area contributed by atoms with Crippen molar-refractivity contribution in [2.45, 2.75) is 40.5 Å². The van der Waals surface area contributed by atoms with Gasteiger partial charge in [0.1, 0.15) is 16.8 Å². The van der Waals surface area contributed by atoms with Gasteiger partial charge in [0.05, 0.1) is 23.3 Å². The zero-order valence-corrected chi connectivity index (χ0v) is 19.6. The van der Waals surface area contributed by atoms with Crippen LogP contribution in [0.15, 0.2) is 34.5 Å². The molecule has 0 aliphatic carbocycles. The molecule has 0 spiro atoms. The molecule has 4 nitrogen and oxygen atoms in total. The van der Waals surface area contributed by atoms with Crippen molar-refractivity contribution in [2.24, 2.45) is 5.41 Å². The molecule has 0 saturated heterocycles. The van der Waals surface area contributed by atoms with E-state index in [2.05, 4.69) is 32.3 Å². The maximum Gasteiger partial charge on any atom is 0.156 e. The molecule has 0 bridgehead atoms. The molecule has 0 aromatic heterocycles. The van der Waals surface area contributed by atoms with E-state index in [4.69, 9.17) is 60.7 Å². The van der Waals surface area contributed by atoms with Crippen molar-refractivity contribution >= 4 is 46.4 Å². The van der Waals surface area contributed by atoms with Crippen molar-refractivity contribution in [3.05, 3.63) is 44.5 Å². The lowest BCUT2D eigenvalue weighted by Crippen LogP contribution is -2.15. The molecule has 0 aliphatic rings. The highest BCUT2D eigenvalue weighted by molar-refractivity contribution is 6.55. The van der Waals surface area contributed by atoms with Crippen LogP contribution in [-0.2, 0) is 4.84 Å². The zero-order chi connectivity index (χ0) is 21.2. The molecule has 8 heteroatoms. The van der Waals surface area contributed by atoms with E-state index in [0.29, 0.717) is 34.8 Å². The van der Waals surface area contributed by atoms with Gasteiger partial charge in [0.25, 0.3) is 0 Å². The predicted octanol–water partition coefficient (Wildman–Crippen LogP) is 7.32. The van der Waals surface area contributed by atoms with Crippen molar-refractivity contribution in [2.75, 3.05) is 19.8 Å². The minimum atomic E-state index is 0.112. The summed E-state index contributed by atoms with van der Waals surface area (Å²) >= 11 is 23.5. The Labute approximate surface area is 187 Å². The number of rotatable bonds is 11. The van der Waals surface area contributed by atoms with Crippen LogP contribution < -0.4 is 15.0 Å². The summed E-state index contributed by atoms with van der Waals surface area (Å²) < 4.78 is 11.3. The third-order valence-corrected chi connectivity index (χ3v) is 4.10. The second-order valence-corrected chi connectivity index (χ2v) is 9.04. The van der Waals surface area contributed by atoms with Gasteiger partial charge in [-0.25, -0.2) is 0 Å². The molecule has 0 unspecified atom stereocenters. The topological polar surface area (TPSA) is 39.7 Å². The first kappa shape index (κ1) is 25.3. The Morgan fingerprint density at radius 2 is 1.64 bits per heavy atom. The quantitative estimate of drug-likeness (QED) is 0.271. The first-order valence-electron chi connectivity index (χ1n) is 8.91. The Morgan fingerprint density at radius 3 is 2.21 bits per heavy atom. The molecule has 0 fully saturated rings. The molecule has 0 amide bonds. The third-order valence-electron chi connectivity index (χ3n) is 3.23. The van der Waals surface area contributed by atoms with Crippen molar-refractivity contribution in [3.63, 3.8) is 0 Å². The minimum absolute atomic E-state index is 0.112. The molecule has 1 rings (SSSR count). The van der Waals surface area contributed by atoms with Gasteiger partial charge in [-0.15, -0.1) is 0 Å². The van der Waals surface area contributed by atoms with Gasteiger partial charge in [0.2, 0.25) is 0 Å². The zero-order valence-electron chi connectivity index (χ0n) is 16.6. The average molecular weight is 471 g/mol. The summed E-state index contributed by atoms with van der Waals surface area (Å²) in [6.07, 6.45) is 5.27. The van der Waals surface area contributed by atoms with Crippen LogP contribution >= 0.6 is 46.4 Å². The van der Waals surface area contributed by atoms with Gasteiger partial charge in [-0.1, -0.05) is 73.3 Å². The van der Waals surface area contributed by atoms with Crippen LogP contribution in [0.1, 0.15) is 40.5 Å². The van der Waals surface area contributed by atoms with Crippen LogP contribution in [-0.4, -0.2) is 19.8 Å². The first-order valence-corrected chi connectivity index (χ1v) is 10.4. The Hall–Kier alpha value is -0.780. The standard InChI is InChI=1S/C20H27Cl4NO3/c1-14(13-20(2,3)4)25-28-9-6-5-8-27-19-16(21)11-15(12-17(19)22)26-10-7-18(23)24/h7,11-13,25H,5-6,8-10H2,1-4H3. The monoisotopic (exact) mass is 469 g/mol. The van der Waals surface area contributed by atoms with E-state index in [1.54, 1.807) is 12.1 Å². The predicted molar refractivity (Wildman–Crippen MR) is 119 cm³/mol. The van der Waals surface area contributed by atoms with Gasteiger partial charge in [-0.2, -0.15) is 0 Å². The van der Waals surface area contributed by atoms with Gasteiger partial charge in [-0.05, 0) is 31.3 Å². The Bertz CT molecular complexity index is 658. The van der Waals surface area contributed by atoms with Crippen LogP contribution in [0.3, 0.4) is 0 Å². The number of nitrogens with one attached hydrogen (secondary N) is 1. The molecule has 1 aromatic rings. The number of hydrogen-bond donors (Lipinski definition) is 1. The fourth-order valence-corrected chi connectivity index (χ4v) is 2.96. The minimum Gasteiger partial charge on any atom is -0.490 e. The Kier molecular flexibility index (Phi) is 11.5. The maximum atomic E-state index is 6.23. The molecular formula is C20H27Cl4NO3. The van der Waals surface area contributed by atoms with Crippen molar-refractivity contribution < 1.29 is 14.3 Å². The van der Waals surface area contributed by atoms with Crippen LogP contribution in [0, 0.1) is 5.41 Å². The molecule has 158 valence electrons. The number of allylic oxidation sites excluding steroid dienone is 2. The molecule has 0 radical (unpaired) electrons. The van der Waals surface area contributed by atoms with Crippen LogP contribution in [0.5, 0.6) is 11.5 Å². The molecule has 28 heavy (non-hydrogen) atoms. The van der Waals surface area contributed by atoms with Crippen LogP contribution in [0.25, 0.3) is 0 Å². The lowest BCUT2D eigenvalue weighted by atomic mass is 9.96. The molecular weight excluding hydrogens is 444 g/mol. The molecule has 0 atom stereocenters. The van der Waals surface area contributed by atoms with Crippen molar-refractivity contribution in [1.29, 1.82) is 0 Å². The van der Waals surface area contributed by atoms with Gasteiger partial charge in [0, 0.05) is 17.8 Å². The SMILES string of the molecule is CC(=CC(C)(C)C)NOCCCCOc1c(Cl)cc(OCC=C(Cl)Cl)cc1Cl. The van der Waals surface area contributed by atoms with Crippen LogP contribution in [0.4, 0.5) is 0 Å². The molecule has 0 aliphatic heterocycles. The third kappa shape index (κ3) is 11.3. The number of hydroxylamine groups is 1. The maximum absolute atomic E-state index is 6.23. The second kappa shape index (κ2) is 12.7. The first-order chi connectivity index (χ1) is 13.1. The van der Waals surface area contributed by atoms with E-state index < -0.39 is 0 Å². The van der Waals surface area contributed by atoms with Gasteiger partial charge in [0.15, 0.2) is 5.75 Å². The summed E-state index contributed by atoms with van der Waals surface area (Å²) in [7, 11) is 0. The van der Waals surface area contributed by atoms with E-state index in [1.165, 1.54) is 6.08 Å². The average Bonchev–Trinajstić information content (AvgIpc) is 2.54. The second-order valence-electron chi connectivity index (χ2n) is 7.22. The smallest absolute Gasteiger partial charge is 0.156 e. The lowest BCUT2D eigenvalue weighted by Gasteiger charge is -2.15. The summed E-state index contributed by atoms with van der Waals surface area (Å²) in [5.74, 6) is 0.941. The summed E-state index contributed by atoms with van der Waals surface area (Å²) in [6.45, 7) is 9.65. The fourth-order valence-electron chi connectivity index (χ4n) is 2.25. The lowest BCUT2D eigenvalue weighted by molar-refractivity contribution is 0.0574. The summed E-state index contributed by atoms with van der Waals surface area (Å²) in [4.78, 5) is 5.45. The number of unbranched alkanes of at least 4 members (excludes halogenated alkanes) is 1. The summed E-state index contributed by atoms with van der Waals surface area (Å²) in [5.41, 5.74) is 4.05. The number of benzene rings is 1. The molecule has 1 N–H and O–H groups in total. The summed E-state index contributed by atoms with van der Waals surface area (Å²) in [5, 5.41) is 0.758. The van der Waals surface area contributed by atoms with Gasteiger partial charge in [-0.3, -0.25) is 10.3 Å². The number of ether oxygens (including phenoxy) is 2. The molecule has 0 saturated carbocycles. The highest BCUT2D eigenvalue weighted by Crippen LogP contribution is 2.37.